The van der Waals surface area contributed by atoms with E-state index in [1.165, 1.54) is 7.11 Å². The lowest BCUT2D eigenvalue weighted by molar-refractivity contribution is -0.141. The fraction of sp³-hybridized carbons (Fsp3) is 0.625. The number of nitrogens with zero attached hydrogens (tertiary/aromatic N) is 2. The smallest absolute Gasteiger partial charge is 0.325 e. The van der Waals surface area contributed by atoms with Crippen molar-refractivity contribution in [3.63, 3.8) is 0 Å². The van der Waals surface area contributed by atoms with Gasteiger partial charge in [-0.1, -0.05) is 0 Å². The van der Waals surface area contributed by atoms with Crippen molar-refractivity contribution in [2.75, 3.05) is 13.7 Å². The summed E-state index contributed by atoms with van der Waals surface area (Å²) in [6.07, 6.45) is 4.30. The van der Waals surface area contributed by atoms with Gasteiger partial charge in [-0.05, 0) is 25.3 Å². The molecular formula is C16H24N4O5. The molecule has 0 spiro atoms. The Hall–Kier alpha value is -2.42. The number of carbonyl (C=O) groups is 3. The zero-order chi connectivity index (χ0) is 18.2. The molecule has 1 fully saturated rings. The number of hydrogen-bond acceptors (Lipinski definition) is 6. The molecule has 25 heavy (non-hydrogen) atoms. The molecule has 1 aromatic heterocycles. The van der Waals surface area contributed by atoms with Crippen LogP contribution < -0.4 is 10.6 Å². The number of amides is 2. The first kappa shape index (κ1) is 18.9. The summed E-state index contributed by atoms with van der Waals surface area (Å²) in [7, 11) is 1.24. The summed E-state index contributed by atoms with van der Waals surface area (Å²) in [6.45, 7) is 0.443. The van der Waals surface area contributed by atoms with Crippen LogP contribution in [0.2, 0.25) is 0 Å². The zero-order valence-electron chi connectivity index (χ0n) is 14.2. The minimum atomic E-state index is -0.774. The molecule has 138 valence electrons. The van der Waals surface area contributed by atoms with E-state index in [1.54, 1.807) is 10.9 Å². The van der Waals surface area contributed by atoms with Crippen molar-refractivity contribution in [1.82, 2.24) is 20.4 Å². The largest absolute Gasteiger partial charge is 0.468 e. The van der Waals surface area contributed by atoms with Crippen LogP contribution >= 0.6 is 0 Å². The zero-order valence-corrected chi connectivity index (χ0v) is 14.2. The Morgan fingerprint density at radius 3 is 2.84 bits per heavy atom. The number of aliphatic hydroxyl groups excluding tert-OH is 1. The van der Waals surface area contributed by atoms with Crippen LogP contribution in [0.4, 0.5) is 0 Å². The molecule has 3 N–H and O–H groups in total. The Bertz CT molecular complexity index is 589. The third-order valence-corrected chi connectivity index (χ3v) is 4.23. The topological polar surface area (TPSA) is 123 Å². The van der Waals surface area contributed by atoms with Gasteiger partial charge in [-0.25, -0.2) is 0 Å². The molecule has 1 aliphatic rings. The van der Waals surface area contributed by atoms with E-state index < -0.39 is 24.0 Å². The summed E-state index contributed by atoms with van der Waals surface area (Å²) >= 11 is 0. The van der Waals surface area contributed by atoms with Crippen LogP contribution in [0.3, 0.4) is 0 Å². The molecule has 9 nitrogen and oxygen atoms in total. The van der Waals surface area contributed by atoms with Crippen molar-refractivity contribution in [1.29, 1.82) is 0 Å². The van der Waals surface area contributed by atoms with Gasteiger partial charge >= 0.3 is 5.97 Å². The minimum absolute atomic E-state index is 0.160. The van der Waals surface area contributed by atoms with Crippen molar-refractivity contribution in [3.8, 4) is 0 Å². The highest BCUT2D eigenvalue weighted by molar-refractivity contribution is 5.84. The highest BCUT2D eigenvalue weighted by Crippen LogP contribution is 2.26. The highest BCUT2D eigenvalue weighted by atomic mass is 16.5. The number of carbonyl (C=O) groups excluding carboxylic acids is 3. The number of ether oxygens (including phenoxy) is 1. The summed E-state index contributed by atoms with van der Waals surface area (Å²) in [4.78, 5) is 35.0. The van der Waals surface area contributed by atoms with Crippen LogP contribution in [0.5, 0.6) is 0 Å². The number of esters is 1. The molecular weight excluding hydrogens is 328 g/mol. The normalized spacial score (nSPS) is 22.4. The third kappa shape index (κ3) is 5.86. The van der Waals surface area contributed by atoms with Crippen LogP contribution in [0.25, 0.3) is 0 Å². The van der Waals surface area contributed by atoms with E-state index in [9.17, 15) is 19.5 Å². The molecule has 0 aromatic carbocycles. The van der Waals surface area contributed by atoms with Gasteiger partial charge in [0.25, 0.3) is 0 Å². The fourth-order valence-electron chi connectivity index (χ4n) is 2.87. The first-order valence-electron chi connectivity index (χ1n) is 8.29. The van der Waals surface area contributed by atoms with Gasteiger partial charge in [0.05, 0.1) is 19.3 Å². The predicted molar refractivity (Wildman–Crippen MR) is 87.1 cm³/mol. The molecule has 1 aliphatic carbocycles. The molecule has 9 heteroatoms. The van der Waals surface area contributed by atoms with Crippen molar-refractivity contribution >= 4 is 17.8 Å². The van der Waals surface area contributed by atoms with Gasteiger partial charge in [0.1, 0.15) is 6.54 Å². The van der Waals surface area contributed by atoms with Gasteiger partial charge in [-0.15, -0.1) is 0 Å². The molecule has 0 unspecified atom stereocenters. The number of nitrogens with one attached hydrogen (secondary N) is 2. The lowest BCUT2D eigenvalue weighted by Gasteiger charge is -2.16. The summed E-state index contributed by atoms with van der Waals surface area (Å²) < 4.78 is 6.21. The Balaban J connectivity index is 1.70. The van der Waals surface area contributed by atoms with Gasteiger partial charge in [0.2, 0.25) is 11.8 Å². The van der Waals surface area contributed by atoms with Crippen LogP contribution in [0.1, 0.15) is 25.7 Å². The van der Waals surface area contributed by atoms with E-state index in [0.717, 1.165) is 0 Å². The molecule has 1 saturated carbocycles. The standard InChI is InChI=1S/C16H24N4O5/c1-25-15(23)10-17-16(24)11-8-12(13(21)9-11)19-14(22)4-2-6-20-7-3-5-18-20/h3,5,7,11-13,21H,2,4,6,8-10H2,1H3,(H,17,24)(H,19,22)/t11-,12-,13-/m0/s1. The van der Waals surface area contributed by atoms with Crippen LogP contribution in [0.15, 0.2) is 18.5 Å². The predicted octanol–water partition coefficient (Wildman–Crippen LogP) is -0.792. The second-order valence-electron chi connectivity index (χ2n) is 6.08. The van der Waals surface area contributed by atoms with E-state index in [2.05, 4.69) is 20.5 Å². The molecule has 2 rings (SSSR count). The maximum Gasteiger partial charge on any atom is 0.325 e. The number of aryl methyl sites for hydroxylation is 1. The van der Waals surface area contributed by atoms with Gasteiger partial charge in [-0.2, -0.15) is 5.10 Å². The van der Waals surface area contributed by atoms with Crippen molar-refractivity contribution in [2.24, 2.45) is 5.92 Å². The van der Waals surface area contributed by atoms with Crippen molar-refractivity contribution in [2.45, 2.75) is 44.4 Å². The lowest BCUT2D eigenvalue weighted by Crippen LogP contribution is -2.40. The Morgan fingerprint density at radius 2 is 2.16 bits per heavy atom. The first-order chi connectivity index (χ1) is 12.0. The van der Waals surface area contributed by atoms with E-state index in [1.807, 2.05) is 12.3 Å². The number of aromatic nitrogens is 2. The van der Waals surface area contributed by atoms with Crippen LogP contribution in [0, 0.1) is 5.92 Å². The lowest BCUT2D eigenvalue weighted by atomic mass is 10.1. The third-order valence-electron chi connectivity index (χ3n) is 4.23. The van der Waals surface area contributed by atoms with Gasteiger partial charge in [0, 0.05) is 31.3 Å². The number of methoxy groups -OCH3 is 1. The number of hydrogen-bond donors (Lipinski definition) is 3. The summed E-state index contributed by atoms with van der Waals surface area (Å²) in [5, 5.41) is 19.4. The van der Waals surface area contributed by atoms with E-state index in [4.69, 9.17) is 0 Å². The average Bonchev–Trinajstić information content (AvgIpc) is 3.22. The van der Waals surface area contributed by atoms with Crippen molar-refractivity contribution < 1.29 is 24.2 Å². The maximum atomic E-state index is 12.0. The molecule has 1 heterocycles. The summed E-state index contributed by atoms with van der Waals surface area (Å²) in [6, 6.07) is 1.37. The van der Waals surface area contributed by atoms with E-state index in [0.29, 0.717) is 25.8 Å². The SMILES string of the molecule is COC(=O)CNC(=O)[C@H]1C[C@H](NC(=O)CCCn2cccn2)[C@@H](O)C1. The quantitative estimate of drug-likeness (QED) is 0.527. The molecule has 0 bridgehead atoms. The Labute approximate surface area is 145 Å². The minimum Gasteiger partial charge on any atom is -0.468 e. The van der Waals surface area contributed by atoms with Gasteiger partial charge in [-0.3, -0.25) is 19.1 Å². The second-order valence-corrected chi connectivity index (χ2v) is 6.08. The monoisotopic (exact) mass is 352 g/mol. The average molecular weight is 352 g/mol. The molecule has 1 aromatic rings. The van der Waals surface area contributed by atoms with Gasteiger partial charge in [0.15, 0.2) is 0 Å². The molecule has 0 aliphatic heterocycles. The van der Waals surface area contributed by atoms with Crippen LogP contribution in [-0.4, -0.2) is 58.5 Å². The maximum absolute atomic E-state index is 12.0. The number of rotatable bonds is 8. The molecule has 0 saturated heterocycles. The van der Waals surface area contributed by atoms with Crippen molar-refractivity contribution in [3.05, 3.63) is 18.5 Å². The fourth-order valence-corrected chi connectivity index (χ4v) is 2.87. The summed E-state index contributed by atoms with van der Waals surface area (Å²) in [5.74, 6) is -1.45. The van der Waals surface area contributed by atoms with Crippen LogP contribution in [-0.2, 0) is 25.7 Å². The second kappa shape index (κ2) is 9.16. The first-order valence-corrected chi connectivity index (χ1v) is 8.29. The molecule has 0 radical (unpaired) electrons. The highest BCUT2D eigenvalue weighted by Gasteiger charge is 2.37. The number of aliphatic hydroxyl groups is 1. The Morgan fingerprint density at radius 1 is 1.36 bits per heavy atom. The van der Waals surface area contributed by atoms with E-state index in [-0.39, 0.29) is 24.8 Å². The molecule has 3 atom stereocenters. The van der Waals surface area contributed by atoms with Gasteiger partial charge < -0.3 is 20.5 Å². The summed E-state index contributed by atoms with van der Waals surface area (Å²) in [5.41, 5.74) is 0. The van der Waals surface area contributed by atoms with E-state index >= 15 is 0 Å². The molecule has 2 amide bonds. The Kier molecular flexibility index (Phi) is 6.93.